The van der Waals surface area contributed by atoms with Crippen molar-refractivity contribution in [3.63, 3.8) is 0 Å². The number of nitrogens with zero attached hydrogens (tertiary/aromatic N) is 4. The van der Waals surface area contributed by atoms with E-state index < -0.39 is 0 Å². The number of aryl methyl sites for hydroxylation is 3. The van der Waals surface area contributed by atoms with Gasteiger partial charge < -0.3 is 5.32 Å². The van der Waals surface area contributed by atoms with Gasteiger partial charge in [-0.2, -0.15) is 5.10 Å². The molecule has 7 nitrogen and oxygen atoms in total. The zero-order valence-corrected chi connectivity index (χ0v) is 17.0. The number of aromatic nitrogens is 4. The summed E-state index contributed by atoms with van der Waals surface area (Å²) >= 11 is 5.97. The molecule has 0 radical (unpaired) electrons. The first-order valence-electron chi connectivity index (χ1n) is 8.99. The standard InChI is InChI=1S/C20H22ClN5O2/c1-5-17-14(4)22-20(26-13(3)9-12(2)24-26)25(19(17)28)11-18(27)23-16-8-6-7-15(21)10-16/h6-10H,5,11H2,1-4H3,(H,23,27). The molecule has 0 saturated carbocycles. The van der Waals surface area contributed by atoms with E-state index in [2.05, 4.69) is 15.4 Å². The molecule has 146 valence electrons. The van der Waals surface area contributed by atoms with Crippen LogP contribution in [0.1, 0.15) is 29.6 Å². The molecule has 2 aromatic heterocycles. The van der Waals surface area contributed by atoms with Crippen LogP contribution in [0.25, 0.3) is 5.95 Å². The number of carbonyl (C=O) groups excluding carboxylic acids is 1. The van der Waals surface area contributed by atoms with Gasteiger partial charge in [-0.1, -0.05) is 24.6 Å². The van der Waals surface area contributed by atoms with Gasteiger partial charge in [0.05, 0.1) is 11.4 Å². The molecule has 0 aliphatic rings. The highest BCUT2D eigenvalue weighted by molar-refractivity contribution is 6.30. The molecule has 0 aliphatic carbocycles. The zero-order valence-electron chi connectivity index (χ0n) is 16.3. The number of halogens is 1. The Hall–Kier alpha value is -2.93. The van der Waals surface area contributed by atoms with E-state index in [-0.39, 0.29) is 18.0 Å². The minimum absolute atomic E-state index is 0.181. The summed E-state index contributed by atoms with van der Waals surface area (Å²) in [6.07, 6.45) is 0.533. The smallest absolute Gasteiger partial charge is 0.258 e. The zero-order chi connectivity index (χ0) is 20.4. The Morgan fingerprint density at radius 3 is 2.57 bits per heavy atom. The molecule has 1 N–H and O–H groups in total. The van der Waals surface area contributed by atoms with Gasteiger partial charge in [0.25, 0.3) is 5.56 Å². The van der Waals surface area contributed by atoms with Gasteiger partial charge in [-0.05, 0) is 51.5 Å². The van der Waals surface area contributed by atoms with Crippen LogP contribution < -0.4 is 10.9 Å². The Morgan fingerprint density at radius 1 is 1.21 bits per heavy atom. The summed E-state index contributed by atoms with van der Waals surface area (Å²) in [6, 6.07) is 8.74. The summed E-state index contributed by atoms with van der Waals surface area (Å²) in [5, 5.41) is 7.71. The molecule has 0 atom stereocenters. The van der Waals surface area contributed by atoms with Gasteiger partial charge in [0, 0.05) is 22.0 Å². The molecule has 2 heterocycles. The van der Waals surface area contributed by atoms with Gasteiger partial charge in [0.2, 0.25) is 11.9 Å². The van der Waals surface area contributed by atoms with E-state index in [4.69, 9.17) is 11.6 Å². The number of benzene rings is 1. The van der Waals surface area contributed by atoms with Crippen molar-refractivity contribution < 1.29 is 4.79 Å². The number of anilines is 1. The SMILES string of the molecule is CCc1c(C)nc(-n2nc(C)cc2C)n(CC(=O)Nc2cccc(Cl)c2)c1=O. The molecular weight excluding hydrogens is 378 g/mol. The molecule has 8 heteroatoms. The number of hydrogen-bond donors (Lipinski definition) is 1. The molecule has 0 bridgehead atoms. The summed E-state index contributed by atoms with van der Waals surface area (Å²) < 4.78 is 2.96. The lowest BCUT2D eigenvalue weighted by Gasteiger charge is -2.16. The fraction of sp³-hybridized carbons (Fsp3) is 0.300. The predicted molar refractivity (Wildman–Crippen MR) is 109 cm³/mol. The van der Waals surface area contributed by atoms with Crippen molar-refractivity contribution in [1.82, 2.24) is 19.3 Å². The summed E-state index contributed by atoms with van der Waals surface area (Å²) in [6.45, 7) is 7.26. The third-order valence-electron chi connectivity index (χ3n) is 4.41. The Morgan fingerprint density at radius 2 is 1.96 bits per heavy atom. The van der Waals surface area contributed by atoms with Gasteiger partial charge in [-0.25, -0.2) is 9.67 Å². The van der Waals surface area contributed by atoms with Gasteiger partial charge in [-0.15, -0.1) is 0 Å². The normalized spacial score (nSPS) is 10.9. The van der Waals surface area contributed by atoms with Crippen LogP contribution >= 0.6 is 11.6 Å². The summed E-state index contributed by atoms with van der Waals surface area (Å²) in [7, 11) is 0. The fourth-order valence-corrected chi connectivity index (χ4v) is 3.33. The molecule has 28 heavy (non-hydrogen) atoms. The van der Waals surface area contributed by atoms with Crippen LogP contribution in [0.4, 0.5) is 5.69 Å². The van der Waals surface area contributed by atoms with Crippen LogP contribution in [0, 0.1) is 20.8 Å². The van der Waals surface area contributed by atoms with E-state index in [1.807, 2.05) is 26.8 Å². The number of nitrogens with one attached hydrogen (secondary N) is 1. The van der Waals surface area contributed by atoms with Crippen LogP contribution in [0.5, 0.6) is 0 Å². The fourth-order valence-electron chi connectivity index (χ4n) is 3.14. The van der Waals surface area contributed by atoms with Crippen molar-refractivity contribution in [2.24, 2.45) is 0 Å². The number of amides is 1. The number of hydrogen-bond acceptors (Lipinski definition) is 4. The van der Waals surface area contributed by atoms with Crippen molar-refractivity contribution in [3.05, 3.63) is 68.4 Å². The van der Waals surface area contributed by atoms with Crippen LogP contribution in [0.2, 0.25) is 5.02 Å². The lowest BCUT2D eigenvalue weighted by atomic mass is 10.2. The second-order valence-electron chi connectivity index (χ2n) is 6.62. The van der Waals surface area contributed by atoms with Crippen molar-refractivity contribution in [2.45, 2.75) is 40.7 Å². The van der Waals surface area contributed by atoms with Crippen molar-refractivity contribution in [3.8, 4) is 5.95 Å². The highest BCUT2D eigenvalue weighted by Gasteiger charge is 2.19. The predicted octanol–water partition coefficient (Wildman–Crippen LogP) is 3.21. The molecule has 3 rings (SSSR count). The lowest BCUT2D eigenvalue weighted by molar-refractivity contribution is -0.116. The Kier molecular flexibility index (Phi) is 5.65. The average molecular weight is 400 g/mol. The quantitative estimate of drug-likeness (QED) is 0.714. The summed E-state index contributed by atoms with van der Waals surface area (Å²) in [4.78, 5) is 30.3. The maximum atomic E-state index is 13.1. The Bertz CT molecular complexity index is 1100. The number of rotatable bonds is 5. The highest BCUT2D eigenvalue weighted by atomic mass is 35.5. The molecular formula is C20H22ClN5O2. The molecule has 0 saturated heterocycles. The third kappa shape index (κ3) is 3.99. The minimum atomic E-state index is -0.347. The average Bonchev–Trinajstić information content (AvgIpc) is 2.95. The van der Waals surface area contributed by atoms with Crippen molar-refractivity contribution in [2.75, 3.05) is 5.32 Å². The maximum Gasteiger partial charge on any atom is 0.258 e. The van der Waals surface area contributed by atoms with Gasteiger partial charge in [0.1, 0.15) is 6.54 Å². The first-order valence-corrected chi connectivity index (χ1v) is 9.37. The third-order valence-corrected chi connectivity index (χ3v) is 4.65. The Labute approximate surface area is 168 Å². The largest absolute Gasteiger partial charge is 0.324 e. The first kappa shape index (κ1) is 19.8. The summed E-state index contributed by atoms with van der Waals surface area (Å²) in [5.74, 6) is -0.0219. The van der Waals surface area contributed by atoms with Crippen molar-refractivity contribution in [1.29, 1.82) is 0 Å². The Balaban J connectivity index is 2.04. The lowest BCUT2D eigenvalue weighted by Crippen LogP contribution is -2.34. The molecule has 3 aromatic rings. The van der Waals surface area contributed by atoms with Gasteiger partial charge in [-0.3, -0.25) is 14.2 Å². The van der Waals surface area contributed by atoms with Crippen LogP contribution in [-0.2, 0) is 17.8 Å². The van der Waals surface area contributed by atoms with E-state index in [1.54, 1.807) is 35.9 Å². The molecule has 1 aromatic carbocycles. The molecule has 1 amide bonds. The monoisotopic (exact) mass is 399 g/mol. The van der Waals surface area contributed by atoms with E-state index in [9.17, 15) is 9.59 Å². The van der Waals surface area contributed by atoms with Gasteiger partial charge >= 0.3 is 0 Å². The van der Waals surface area contributed by atoms with Gasteiger partial charge in [0.15, 0.2) is 0 Å². The topological polar surface area (TPSA) is 81.8 Å². The molecule has 0 spiro atoms. The van der Waals surface area contributed by atoms with Crippen LogP contribution in [0.3, 0.4) is 0 Å². The van der Waals surface area contributed by atoms with E-state index in [0.717, 1.165) is 11.4 Å². The maximum absolute atomic E-state index is 13.1. The highest BCUT2D eigenvalue weighted by Crippen LogP contribution is 2.16. The van der Waals surface area contributed by atoms with E-state index in [1.165, 1.54) is 4.57 Å². The second-order valence-corrected chi connectivity index (χ2v) is 7.05. The van der Waals surface area contributed by atoms with Crippen LogP contribution in [0.15, 0.2) is 35.1 Å². The van der Waals surface area contributed by atoms with Crippen molar-refractivity contribution >= 4 is 23.2 Å². The number of carbonyl (C=O) groups is 1. The van der Waals surface area contributed by atoms with Crippen LogP contribution in [-0.4, -0.2) is 25.2 Å². The van der Waals surface area contributed by atoms with E-state index >= 15 is 0 Å². The molecule has 0 unspecified atom stereocenters. The summed E-state index contributed by atoms with van der Waals surface area (Å²) in [5.41, 5.74) is 3.19. The first-order chi connectivity index (χ1) is 13.3. The van der Waals surface area contributed by atoms with E-state index in [0.29, 0.717) is 34.3 Å². The second kappa shape index (κ2) is 7.98. The minimum Gasteiger partial charge on any atom is -0.324 e. The molecule has 0 aliphatic heterocycles. The molecule has 0 fully saturated rings.